The van der Waals surface area contributed by atoms with Gasteiger partial charge in [-0.1, -0.05) is 241 Å². The van der Waals surface area contributed by atoms with Crippen LogP contribution in [0.3, 0.4) is 0 Å². The summed E-state index contributed by atoms with van der Waals surface area (Å²) in [6, 6.07) is 68.1. The lowest BCUT2D eigenvalue weighted by atomic mass is 9.88. The van der Waals surface area contributed by atoms with Gasteiger partial charge in [0.25, 0.3) is 0 Å². The first-order valence-corrected chi connectivity index (χ1v) is 24.6. The highest BCUT2D eigenvalue weighted by molar-refractivity contribution is 5.89. The van der Waals surface area contributed by atoms with Crippen molar-refractivity contribution in [1.29, 1.82) is 0 Å². The van der Waals surface area contributed by atoms with E-state index in [4.69, 9.17) is 0 Å². The van der Waals surface area contributed by atoms with Crippen molar-refractivity contribution in [1.82, 2.24) is 0 Å². The predicted octanol–water partition coefficient (Wildman–Crippen LogP) is 17.1. The summed E-state index contributed by atoms with van der Waals surface area (Å²) >= 11 is 0. The number of aryl methyl sites for hydroxylation is 8. The van der Waals surface area contributed by atoms with Gasteiger partial charge >= 0.3 is 0 Å². The largest absolute Gasteiger partial charge is 0.0925 e. The molecule has 1 aliphatic carbocycles. The summed E-state index contributed by atoms with van der Waals surface area (Å²) in [5.74, 6) is 15.0. The molecule has 0 N–H and O–H groups in total. The fraction of sp³-hybridized carbons (Fsp3) is 0.111. The Bertz CT molecular complexity index is 3180. The van der Waals surface area contributed by atoms with Gasteiger partial charge < -0.3 is 0 Å². The van der Waals surface area contributed by atoms with Crippen molar-refractivity contribution in [3.63, 3.8) is 0 Å². The molecule has 344 valence electrons. The van der Waals surface area contributed by atoms with Crippen molar-refractivity contribution in [2.75, 3.05) is 0 Å². The molecule has 0 aromatic heterocycles. The molecule has 0 unspecified atom stereocenters. The molecular weight excluding hydrogens is 865 g/mol. The molecule has 0 heteroatoms. The van der Waals surface area contributed by atoms with E-state index in [0.29, 0.717) is 22.3 Å². The second kappa shape index (κ2) is 21.7. The third kappa shape index (κ3) is 10.4. The third-order valence-electron chi connectivity index (χ3n) is 13.4. The zero-order chi connectivity index (χ0) is 50.1. The summed E-state index contributed by atoms with van der Waals surface area (Å²) in [5.41, 5.74) is 39.7. The Hall–Kier alpha value is -9.04. The summed E-state index contributed by atoms with van der Waals surface area (Å²) in [6.07, 6.45) is 0. The lowest BCUT2D eigenvalue weighted by Crippen LogP contribution is -1.98. The predicted molar refractivity (Wildman–Crippen MR) is 303 cm³/mol. The van der Waals surface area contributed by atoms with Crippen LogP contribution in [0.25, 0.3) is 22.3 Å². The molecule has 0 saturated heterocycles. The minimum atomic E-state index is 0.623. The molecule has 0 bridgehead atoms. The third-order valence-corrected chi connectivity index (χ3v) is 13.4. The average molecular weight is 921 g/mol. The topological polar surface area (TPSA) is 0 Å². The van der Waals surface area contributed by atoms with Crippen molar-refractivity contribution in [2.24, 2.45) is 0 Å². The smallest absolute Gasteiger partial charge is 0.0909 e. The Kier molecular flexibility index (Phi) is 14.5. The van der Waals surface area contributed by atoms with Gasteiger partial charge in [0.2, 0.25) is 0 Å². The number of hydrogen-bond acceptors (Lipinski definition) is 0. The molecule has 0 atom stereocenters. The first-order valence-electron chi connectivity index (χ1n) is 24.6. The maximum Gasteiger partial charge on any atom is 0.0909 e. The monoisotopic (exact) mass is 920 g/mol. The molecule has 0 spiro atoms. The van der Waals surface area contributed by atoms with Crippen LogP contribution in [0, 0.1) is 79.1 Å². The van der Waals surface area contributed by atoms with Crippen LogP contribution in [0.15, 0.2) is 239 Å². The first kappa shape index (κ1) is 48.0. The molecule has 0 aliphatic heterocycles. The molecule has 72 heavy (non-hydrogen) atoms. The fourth-order valence-electron chi connectivity index (χ4n) is 9.32. The van der Waals surface area contributed by atoms with Crippen molar-refractivity contribution in [2.45, 2.75) is 55.4 Å². The van der Waals surface area contributed by atoms with E-state index in [1.54, 1.807) is 0 Å². The number of benzene rings is 8. The van der Waals surface area contributed by atoms with Crippen LogP contribution in [-0.2, 0) is 0 Å². The summed E-state index contributed by atoms with van der Waals surface area (Å²) in [5, 5.41) is 0. The number of rotatable bonds is 8. The van der Waals surface area contributed by atoms with Gasteiger partial charge in [0.15, 0.2) is 0 Å². The van der Waals surface area contributed by atoms with Gasteiger partial charge in [-0.15, -0.1) is 0 Å². The highest BCUT2D eigenvalue weighted by Gasteiger charge is 2.18. The van der Waals surface area contributed by atoms with Crippen LogP contribution in [-0.4, -0.2) is 0 Å². The van der Waals surface area contributed by atoms with E-state index in [9.17, 15) is 0 Å². The minimum Gasteiger partial charge on any atom is -0.0925 e. The molecule has 8 aromatic carbocycles. The lowest BCUT2D eigenvalue weighted by molar-refractivity contribution is 1.37. The molecule has 1 aliphatic rings. The highest BCUT2D eigenvalue weighted by Crippen LogP contribution is 2.34. The lowest BCUT2D eigenvalue weighted by Gasteiger charge is -2.14. The molecule has 0 saturated carbocycles. The molecule has 9 rings (SSSR count). The molecule has 0 amide bonds. The van der Waals surface area contributed by atoms with Crippen LogP contribution in [0.2, 0.25) is 0 Å². The molecule has 0 heterocycles. The average Bonchev–Trinajstić information content (AvgIpc) is 3.38. The second-order valence-electron chi connectivity index (χ2n) is 18.5. The zero-order valence-electron chi connectivity index (χ0n) is 42.5. The van der Waals surface area contributed by atoms with E-state index in [1.165, 1.54) is 0 Å². The van der Waals surface area contributed by atoms with E-state index in [-0.39, 0.29) is 0 Å². The van der Waals surface area contributed by atoms with E-state index in [2.05, 4.69) is 296 Å². The number of hydrogen-bond donors (Lipinski definition) is 0. The standard InChI is InChI=1S/C72H56/c1-49-25-9-17-33-61(49)69(62-34-18-10-26-50(62)2)45-57-41-42-59(47-71(65-37-21-13-29-53(65)5)66-38-22-14-30-54(66)6)60(48-72(67-39-23-15-31-55(67)7)68-40-24-16-32-56(68)8)44-43-58(57)46-70(63-35-19-11-27-51(63)3)64-36-20-12-28-52(64)4/h9-40H,1-8H3. The minimum absolute atomic E-state index is 0.623. The van der Waals surface area contributed by atoms with Gasteiger partial charge in [-0.3, -0.25) is 0 Å². The molecule has 0 fully saturated rings. The van der Waals surface area contributed by atoms with Crippen LogP contribution in [0.5, 0.6) is 0 Å². The Balaban J connectivity index is 1.56. The van der Waals surface area contributed by atoms with E-state index < -0.39 is 0 Å². The van der Waals surface area contributed by atoms with Crippen molar-refractivity contribution >= 4 is 22.3 Å². The summed E-state index contributed by atoms with van der Waals surface area (Å²) in [6.45, 7) is 17.2. The van der Waals surface area contributed by atoms with Gasteiger partial charge in [0, 0.05) is 22.3 Å². The molecule has 8 aromatic rings. The van der Waals surface area contributed by atoms with E-state index >= 15 is 0 Å². The van der Waals surface area contributed by atoms with Crippen LogP contribution < -0.4 is 0 Å². The highest BCUT2D eigenvalue weighted by atomic mass is 14.2. The number of allylic oxidation sites excluding steroid dienone is 4. The van der Waals surface area contributed by atoms with Crippen molar-refractivity contribution in [3.8, 4) is 23.7 Å². The van der Waals surface area contributed by atoms with Gasteiger partial charge in [-0.25, -0.2) is 0 Å². The van der Waals surface area contributed by atoms with Gasteiger partial charge in [0.05, 0.1) is 22.3 Å². The van der Waals surface area contributed by atoms with Crippen LogP contribution in [0.1, 0.15) is 89.0 Å². The molecular formula is C72H56. The van der Waals surface area contributed by atoms with Crippen LogP contribution >= 0.6 is 0 Å². The molecule has 0 nitrogen and oxygen atoms in total. The summed E-state index contributed by atoms with van der Waals surface area (Å²) < 4.78 is 0. The quantitative estimate of drug-likeness (QED) is 0.105. The van der Waals surface area contributed by atoms with Crippen molar-refractivity contribution < 1.29 is 0 Å². The normalized spacial score (nSPS) is 11.6. The zero-order valence-corrected chi connectivity index (χ0v) is 42.5. The first-order chi connectivity index (χ1) is 35.0. The molecule has 0 radical (unpaired) electrons. The van der Waals surface area contributed by atoms with Gasteiger partial charge in [0.1, 0.15) is 0 Å². The maximum atomic E-state index is 3.96. The van der Waals surface area contributed by atoms with Gasteiger partial charge in [-0.05, 0) is 144 Å². The Morgan fingerprint density at radius 1 is 0.208 bits per heavy atom. The Labute approximate surface area is 427 Å². The SMILES string of the molecule is Cc1ccccc1C(=C=C1C#CC(=C=C(c2ccccc2C)c2ccccc2C)C(=C=C(c2ccccc2C)c2ccccc2C)C#CC1=C=C(c1ccccc1C)c1ccccc1C)c1ccccc1C. The second-order valence-corrected chi connectivity index (χ2v) is 18.5. The van der Waals surface area contributed by atoms with E-state index in [0.717, 1.165) is 111 Å². The van der Waals surface area contributed by atoms with Crippen molar-refractivity contribution in [3.05, 3.63) is 328 Å². The van der Waals surface area contributed by atoms with Gasteiger partial charge in [-0.2, -0.15) is 0 Å². The summed E-state index contributed by atoms with van der Waals surface area (Å²) in [7, 11) is 0. The summed E-state index contributed by atoms with van der Waals surface area (Å²) in [4.78, 5) is 0. The van der Waals surface area contributed by atoms with E-state index in [1.807, 2.05) is 0 Å². The Morgan fingerprint density at radius 3 is 0.458 bits per heavy atom. The Morgan fingerprint density at radius 2 is 0.333 bits per heavy atom. The fourth-order valence-corrected chi connectivity index (χ4v) is 9.32. The maximum absolute atomic E-state index is 3.96. The van der Waals surface area contributed by atoms with Crippen LogP contribution in [0.4, 0.5) is 0 Å².